The first kappa shape index (κ1) is 15.7. The Labute approximate surface area is 131 Å². The molecule has 0 saturated heterocycles. The number of sulfonamides is 1. The van der Waals surface area contributed by atoms with Crippen LogP contribution < -0.4 is 16.2 Å². The third-order valence-corrected chi connectivity index (χ3v) is 4.00. The van der Waals surface area contributed by atoms with Gasteiger partial charge in [0.05, 0.1) is 4.90 Å². The molecule has 0 spiro atoms. The molecule has 0 radical (unpaired) electrons. The number of nitrogens with one attached hydrogen (secondary N) is 1. The van der Waals surface area contributed by atoms with Gasteiger partial charge in [0.25, 0.3) is 0 Å². The summed E-state index contributed by atoms with van der Waals surface area (Å²) in [5, 5.41) is 8.08. The van der Waals surface area contributed by atoms with E-state index in [1.807, 2.05) is 0 Å². The highest BCUT2D eigenvalue weighted by atomic mass is 79.9. The van der Waals surface area contributed by atoms with Gasteiger partial charge in [0.1, 0.15) is 10.4 Å². The maximum atomic E-state index is 11.1. The van der Waals surface area contributed by atoms with E-state index in [4.69, 9.17) is 10.9 Å². The topological polar surface area (TPSA) is 124 Å². The number of benzene rings is 1. The summed E-state index contributed by atoms with van der Waals surface area (Å²) in [4.78, 5) is 8.27. The molecule has 1 aromatic heterocycles. The summed E-state index contributed by atoms with van der Waals surface area (Å²) in [6.07, 6.45) is 0.681. The molecule has 1 aromatic carbocycles. The van der Waals surface area contributed by atoms with Crippen molar-refractivity contribution in [2.24, 2.45) is 5.14 Å². The molecule has 2 aromatic rings. The first-order valence-electron chi connectivity index (χ1n) is 6.00. The molecule has 0 atom stereocenters. The number of nitrogen functional groups attached to an aromatic ring is 1. The average molecular weight is 372 g/mol. The van der Waals surface area contributed by atoms with Crippen molar-refractivity contribution in [3.8, 4) is 0 Å². The number of rotatable bonds is 5. The number of halogens is 1. The van der Waals surface area contributed by atoms with E-state index in [1.54, 1.807) is 18.2 Å². The molecule has 21 heavy (non-hydrogen) atoms. The molecule has 0 aliphatic carbocycles. The number of anilines is 2. The largest absolute Gasteiger partial charge is 0.383 e. The van der Waals surface area contributed by atoms with Crippen LogP contribution in [0.3, 0.4) is 0 Å². The molecular formula is C12H14BrN5O2S. The fraction of sp³-hybridized carbons (Fsp3) is 0.167. The van der Waals surface area contributed by atoms with Crippen molar-refractivity contribution in [3.63, 3.8) is 0 Å². The Morgan fingerprint density at radius 1 is 1.19 bits per heavy atom. The summed E-state index contributed by atoms with van der Waals surface area (Å²) in [7, 11) is -3.65. The molecule has 1 heterocycles. The Morgan fingerprint density at radius 2 is 1.86 bits per heavy atom. The van der Waals surface area contributed by atoms with E-state index >= 15 is 0 Å². The number of nitrogens with two attached hydrogens (primary N) is 2. The van der Waals surface area contributed by atoms with Gasteiger partial charge in [-0.25, -0.2) is 18.5 Å². The van der Waals surface area contributed by atoms with E-state index in [0.717, 1.165) is 5.56 Å². The van der Waals surface area contributed by atoms with Crippen LogP contribution in [0.15, 0.2) is 39.8 Å². The van der Waals surface area contributed by atoms with Crippen molar-refractivity contribution < 1.29 is 8.42 Å². The molecule has 0 unspecified atom stereocenters. The van der Waals surface area contributed by atoms with Crippen molar-refractivity contribution >= 4 is 37.7 Å². The predicted octanol–water partition coefficient (Wildman–Crippen LogP) is 1.12. The van der Waals surface area contributed by atoms with Gasteiger partial charge >= 0.3 is 0 Å². The van der Waals surface area contributed by atoms with Gasteiger partial charge in [0.15, 0.2) is 0 Å². The third kappa shape index (κ3) is 4.66. The van der Waals surface area contributed by atoms with Gasteiger partial charge in [-0.1, -0.05) is 12.1 Å². The number of aromatic nitrogens is 2. The maximum absolute atomic E-state index is 11.1. The molecule has 0 aliphatic rings. The minimum Gasteiger partial charge on any atom is -0.383 e. The van der Waals surface area contributed by atoms with Crippen LogP contribution in [0.1, 0.15) is 5.56 Å². The molecule has 0 saturated carbocycles. The molecule has 0 fully saturated rings. The van der Waals surface area contributed by atoms with E-state index in [2.05, 4.69) is 31.2 Å². The van der Waals surface area contributed by atoms with E-state index in [-0.39, 0.29) is 4.90 Å². The minimum absolute atomic E-state index is 0.0994. The highest BCUT2D eigenvalue weighted by Crippen LogP contribution is 2.13. The summed E-state index contributed by atoms with van der Waals surface area (Å²) in [6, 6.07) is 8.02. The second-order valence-corrected chi connectivity index (χ2v) is 6.68. The Kier molecular flexibility index (Phi) is 4.76. The van der Waals surface area contributed by atoms with E-state index < -0.39 is 10.0 Å². The van der Waals surface area contributed by atoms with Crippen LogP contribution in [0, 0.1) is 0 Å². The molecule has 5 N–H and O–H groups in total. The normalized spacial score (nSPS) is 11.3. The molecule has 0 amide bonds. The predicted molar refractivity (Wildman–Crippen MR) is 84.2 cm³/mol. The number of primary sulfonamides is 1. The lowest BCUT2D eigenvalue weighted by Gasteiger charge is -2.06. The van der Waals surface area contributed by atoms with Crippen LogP contribution in [0.25, 0.3) is 0 Å². The van der Waals surface area contributed by atoms with Crippen molar-refractivity contribution in [1.82, 2.24) is 9.97 Å². The molecule has 112 valence electrons. The molecule has 9 heteroatoms. The van der Waals surface area contributed by atoms with Gasteiger partial charge < -0.3 is 11.1 Å². The van der Waals surface area contributed by atoms with Crippen LogP contribution in [0.2, 0.25) is 0 Å². The first-order chi connectivity index (χ1) is 9.84. The zero-order valence-electron chi connectivity index (χ0n) is 11.0. The summed E-state index contributed by atoms with van der Waals surface area (Å²) < 4.78 is 22.9. The van der Waals surface area contributed by atoms with Gasteiger partial charge in [-0.3, -0.25) is 0 Å². The zero-order chi connectivity index (χ0) is 15.5. The molecule has 2 rings (SSSR count). The Hall–Kier alpha value is -1.71. The van der Waals surface area contributed by atoms with E-state index in [9.17, 15) is 8.42 Å². The van der Waals surface area contributed by atoms with Crippen molar-refractivity contribution in [1.29, 1.82) is 0 Å². The fourth-order valence-electron chi connectivity index (χ4n) is 1.68. The van der Waals surface area contributed by atoms with Crippen LogP contribution in [-0.2, 0) is 16.4 Å². The highest BCUT2D eigenvalue weighted by Gasteiger charge is 2.06. The molecule has 7 nitrogen and oxygen atoms in total. The highest BCUT2D eigenvalue weighted by molar-refractivity contribution is 9.10. The summed E-state index contributed by atoms with van der Waals surface area (Å²) in [5.74, 6) is 0.805. The number of nitrogens with zero attached hydrogens (tertiary/aromatic N) is 2. The Bertz CT molecular complexity index is 714. The fourth-order valence-corrected chi connectivity index (χ4v) is 2.60. The van der Waals surface area contributed by atoms with Crippen LogP contribution in [-0.4, -0.2) is 24.9 Å². The first-order valence-corrected chi connectivity index (χ1v) is 8.34. The average Bonchev–Trinajstić information content (AvgIpc) is 2.37. The zero-order valence-corrected chi connectivity index (χ0v) is 13.4. The lowest BCUT2D eigenvalue weighted by Crippen LogP contribution is -2.12. The van der Waals surface area contributed by atoms with Crippen molar-refractivity contribution in [2.45, 2.75) is 11.3 Å². The SMILES string of the molecule is Nc1cc(Br)nc(NCCc2ccc(S(N)(=O)=O)cc2)n1. The van der Waals surface area contributed by atoms with E-state index in [1.165, 1.54) is 12.1 Å². The van der Waals surface area contributed by atoms with Crippen molar-refractivity contribution in [3.05, 3.63) is 40.5 Å². The quantitative estimate of drug-likeness (QED) is 0.676. The van der Waals surface area contributed by atoms with Crippen LogP contribution in [0.4, 0.5) is 11.8 Å². The lowest BCUT2D eigenvalue weighted by atomic mass is 10.1. The number of hydrogen-bond acceptors (Lipinski definition) is 6. The van der Waals surface area contributed by atoms with Gasteiger partial charge in [0.2, 0.25) is 16.0 Å². The molecule has 0 aliphatic heterocycles. The maximum Gasteiger partial charge on any atom is 0.238 e. The van der Waals surface area contributed by atoms with Gasteiger partial charge in [0, 0.05) is 12.6 Å². The second-order valence-electron chi connectivity index (χ2n) is 4.30. The number of hydrogen-bond donors (Lipinski definition) is 3. The summed E-state index contributed by atoms with van der Waals surface area (Å²) >= 11 is 3.24. The summed E-state index contributed by atoms with van der Waals surface area (Å²) in [6.45, 7) is 0.588. The Balaban J connectivity index is 1.94. The van der Waals surface area contributed by atoms with E-state index in [0.29, 0.717) is 29.3 Å². The second kappa shape index (κ2) is 6.37. The van der Waals surface area contributed by atoms with Crippen LogP contribution in [0.5, 0.6) is 0 Å². The van der Waals surface area contributed by atoms with Gasteiger partial charge in [-0.2, -0.15) is 4.98 Å². The Morgan fingerprint density at radius 3 is 2.43 bits per heavy atom. The molecular weight excluding hydrogens is 358 g/mol. The van der Waals surface area contributed by atoms with Crippen molar-refractivity contribution in [2.75, 3.05) is 17.6 Å². The monoisotopic (exact) mass is 371 g/mol. The summed E-state index contributed by atoms with van der Waals surface area (Å²) in [5.41, 5.74) is 6.58. The standard InChI is InChI=1S/C12H14BrN5O2S/c13-10-7-11(14)18-12(17-10)16-6-5-8-1-3-9(4-2-8)21(15,19)20/h1-4,7H,5-6H2,(H2,15,19,20)(H3,14,16,17,18). The van der Waals surface area contributed by atoms with Gasteiger partial charge in [-0.05, 0) is 40.0 Å². The lowest BCUT2D eigenvalue weighted by molar-refractivity contribution is 0.598. The third-order valence-electron chi connectivity index (χ3n) is 2.66. The molecule has 0 bridgehead atoms. The smallest absolute Gasteiger partial charge is 0.238 e. The van der Waals surface area contributed by atoms with Gasteiger partial charge in [-0.15, -0.1) is 0 Å². The minimum atomic E-state index is -3.65. The van der Waals surface area contributed by atoms with Crippen LogP contribution >= 0.6 is 15.9 Å².